The summed E-state index contributed by atoms with van der Waals surface area (Å²) in [5, 5.41) is 0. The van der Waals surface area contributed by atoms with Crippen molar-refractivity contribution in [2.24, 2.45) is 0 Å². The number of rotatable bonds is 7. The van der Waals surface area contributed by atoms with E-state index in [-0.39, 0.29) is 27.1 Å². The Morgan fingerprint density at radius 3 is 0.408 bits per heavy atom. The van der Waals surface area contributed by atoms with Crippen molar-refractivity contribution in [3.05, 3.63) is 357 Å². The molecule has 0 unspecified atom stereocenters. The highest BCUT2D eigenvalue weighted by Crippen LogP contribution is 2.58. The third-order valence-electron chi connectivity index (χ3n) is 25.2. The van der Waals surface area contributed by atoms with Crippen LogP contribution in [0.2, 0.25) is 0 Å². The molecule has 0 amide bonds. The van der Waals surface area contributed by atoms with Gasteiger partial charge in [0.2, 0.25) is 0 Å². The van der Waals surface area contributed by atoms with E-state index in [0.29, 0.717) is 0 Å². The SMILES string of the molecule is Cc1ccccc1-c1ccc2c(c1)C(C)(C)c1cc(-c3ccc4c(c3)C(C)(C)c3cc(-c5ccc6c(c5)C(C)(C)c5cc(-c7ccc8c(c7)C(C)(C)c7cc(-c9ccccc9C)ccc7-8)ccc5-6)ccc3-4)ccc1-2.Cc1ccccc1-c1ccc2c(c1)C(C)(C)c1cc(-c3ccccc3C)ccc1-2. The normalized spacial score (nSPS) is 15.3. The Kier molecular flexibility index (Phi) is 14.4. The Hall–Kier alpha value is -10.9. The molecule has 0 spiro atoms. The van der Waals surface area contributed by atoms with Crippen molar-refractivity contribution >= 4 is 0 Å². The van der Waals surface area contributed by atoms with Gasteiger partial charge < -0.3 is 0 Å². The lowest BCUT2D eigenvalue weighted by molar-refractivity contribution is 0.659. The summed E-state index contributed by atoms with van der Waals surface area (Å²) in [6.45, 7) is 32.8. The zero-order valence-electron chi connectivity index (χ0n) is 62.1. The summed E-state index contributed by atoms with van der Waals surface area (Å²) in [5.41, 5.74) is 50.5. The lowest BCUT2D eigenvalue weighted by Crippen LogP contribution is -2.16. The van der Waals surface area contributed by atoms with Crippen molar-refractivity contribution < 1.29 is 0 Å². The van der Waals surface area contributed by atoms with E-state index in [0.717, 1.165) is 0 Å². The zero-order chi connectivity index (χ0) is 71.0. The maximum Gasteiger partial charge on any atom is 0.0159 e. The molecular formula is C103H88. The van der Waals surface area contributed by atoms with Gasteiger partial charge in [0.1, 0.15) is 0 Å². The van der Waals surface area contributed by atoms with Crippen LogP contribution in [0.1, 0.15) is 147 Å². The van der Waals surface area contributed by atoms with Gasteiger partial charge in [-0.3, -0.25) is 0 Å². The van der Waals surface area contributed by atoms with Crippen LogP contribution in [0.4, 0.5) is 0 Å². The Morgan fingerprint density at radius 1 is 0.136 bits per heavy atom. The first kappa shape index (κ1) is 64.2. The van der Waals surface area contributed by atoms with Crippen LogP contribution >= 0.6 is 0 Å². The Bertz CT molecular complexity index is 5580. The van der Waals surface area contributed by atoms with Gasteiger partial charge in [-0.1, -0.05) is 288 Å². The second-order valence-corrected chi connectivity index (χ2v) is 33.0. The monoisotopic (exact) mass is 1320 g/mol. The van der Waals surface area contributed by atoms with E-state index in [9.17, 15) is 0 Å². The molecule has 0 aliphatic heterocycles. The van der Waals surface area contributed by atoms with E-state index in [2.05, 4.69) is 376 Å². The Labute approximate surface area is 610 Å². The summed E-state index contributed by atoms with van der Waals surface area (Å²) in [6, 6.07) is 106. The summed E-state index contributed by atoms with van der Waals surface area (Å²) in [7, 11) is 0. The van der Waals surface area contributed by atoms with Crippen LogP contribution in [0.5, 0.6) is 0 Å². The van der Waals surface area contributed by atoms with E-state index in [1.807, 2.05) is 0 Å². The van der Waals surface area contributed by atoms with Crippen LogP contribution in [-0.2, 0) is 27.1 Å². The summed E-state index contributed by atoms with van der Waals surface area (Å²) in [4.78, 5) is 0. The molecule has 14 aromatic rings. The zero-order valence-corrected chi connectivity index (χ0v) is 62.1. The van der Waals surface area contributed by atoms with Gasteiger partial charge in [0.15, 0.2) is 0 Å². The maximum absolute atomic E-state index is 2.49. The van der Waals surface area contributed by atoms with E-state index in [1.54, 1.807) is 0 Å². The molecule has 14 aromatic carbocycles. The Morgan fingerprint density at radius 2 is 0.262 bits per heavy atom. The highest BCUT2D eigenvalue weighted by Gasteiger charge is 2.42. The van der Waals surface area contributed by atoms with Crippen molar-refractivity contribution in [1.82, 2.24) is 0 Å². The maximum atomic E-state index is 2.49. The fourth-order valence-electron chi connectivity index (χ4n) is 19.0. The number of hydrogen-bond donors (Lipinski definition) is 0. The minimum atomic E-state index is -0.155. The first-order valence-corrected chi connectivity index (χ1v) is 37.2. The van der Waals surface area contributed by atoms with Crippen molar-refractivity contribution in [1.29, 1.82) is 0 Å². The van der Waals surface area contributed by atoms with Crippen molar-refractivity contribution in [3.8, 4) is 134 Å². The lowest BCUT2D eigenvalue weighted by atomic mass is 9.79. The topological polar surface area (TPSA) is 0 Å². The fraction of sp³-hybridized carbons (Fsp3) is 0.184. The van der Waals surface area contributed by atoms with Gasteiger partial charge in [-0.15, -0.1) is 0 Å². The first-order valence-electron chi connectivity index (χ1n) is 37.2. The van der Waals surface area contributed by atoms with Gasteiger partial charge in [-0.2, -0.15) is 0 Å². The number of hydrogen-bond acceptors (Lipinski definition) is 0. The molecule has 0 atom stereocenters. The van der Waals surface area contributed by atoms with Gasteiger partial charge in [0.25, 0.3) is 0 Å². The second kappa shape index (κ2) is 23.0. The van der Waals surface area contributed by atoms with Crippen LogP contribution in [0.15, 0.2) is 279 Å². The molecule has 19 rings (SSSR count). The van der Waals surface area contributed by atoms with E-state index < -0.39 is 0 Å². The third-order valence-corrected chi connectivity index (χ3v) is 25.2. The minimum Gasteiger partial charge on any atom is -0.0620 e. The molecule has 103 heavy (non-hydrogen) atoms. The average molecular weight is 1330 g/mol. The molecule has 5 aliphatic rings. The van der Waals surface area contributed by atoms with Crippen molar-refractivity contribution in [3.63, 3.8) is 0 Å². The van der Waals surface area contributed by atoms with Gasteiger partial charge in [0.05, 0.1) is 0 Å². The van der Waals surface area contributed by atoms with Gasteiger partial charge in [-0.05, 0) is 300 Å². The summed E-state index contributed by atoms with van der Waals surface area (Å²) < 4.78 is 0. The molecule has 0 saturated carbocycles. The third kappa shape index (κ3) is 9.84. The van der Waals surface area contributed by atoms with Gasteiger partial charge >= 0.3 is 0 Å². The average Bonchev–Trinajstić information content (AvgIpc) is 1.59. The second-order valence-electron chi connectivity index (χ2n) is 33.0. The molecule has 0 bridgehead atoms. The molecular weight excluding hydrogens is 1240 g/mol. The molecule has 0 aromatic heterocycles. The highest BCUT2D eigenvalue weighted by molar-refractivity contribution is 5.93. The quantitative estimate of drug-likeness (QED) is 0.149. The van der Waals surface area contributed by atoms with Crippen LogP contribution < -0.4 is 0 Å². The van der Waals surface area contributed by atoms with E-state index >= 15 is 0 Å². The number of aryl methyl sites for hydroxylation is 4. The molecule has 0 fully saturated rings. The molecule has 0 nitrogen and oxygen atoms in total. The molecule has 500 valence electrons. The molecule has 0 radical (unpaired) electrons. The smallest absolute Gasteiger partial charge is 0.0159 e. The first-order chi connectivity index (χ1) is 49.5. The van der Waals surface area contributed by atoms with Crippen LogP contribution in [0.3, 0.4) is 0 Å². The predicted molar refractivity (Wildman–Crippen MR) is 438 cm³/mol. The van der Waals surface area contributed by atoms with E-state index in [4.69, 9.17) is 0 Å². The molecule has 0 heterocycles. The molecule has 0 saturated heterocycles. The standard InChI is InChI=1S/C74H62.C29H26/c1-43-15-11-13-17-53(43)51-25-33-61-59-31-23-49(39-67(59)73(7,8)69(61)41-51)47-21-29-57-55-27-19-45(35-63(55)71(3,4)65(57)37-47)46-20-28-56-58-30-22-48(38-66(58)72(5,6)64(56)36-46)50-24-32-60-62-34-26-52(54-18-14-12-16-44(54)2)42-70(62)74(9,10)68(60)40-50;1-19-9-5-7-11-23(19)21-13-15-25-26-16-14-22(24-12-8-6-10-20(24)2)18-28(26)29(3,4)27(25)17-21/h11-42H,1-10H3;5-18H,1-4H3. The number of fused-ring (bicyclic) bond motifs is 15. The van der Waals surface area contributed by atoms with Crippen molar-refractivity contribution in [2.45, 2.75) is 124 Å². The van der Waals surface area contributed by atoms with Crippen LogP contribution in [0, 0.1) is 27.7 Å². The molecule has 5 aliphatic carbocycles. The van der Waals surface area contributed by atoms with Crippen molar-refractivity contribution in [2.75, 3.05) is 0 Å². The highest BCUT2D eigenvalue weighted by atomic mass is 14.5. The largest absolute Gasteiger partial charge is 0.0620 e. The van der Waals surface area contributed by atoms with E-state index in [1.165, 1.54) is 211 Å². The summed E-state index contributed by atoms with van der Waals surface area (Å²) >= 11 is 0. The number of benzene rings is 14. The minimum absolute atomic E-state index is 0.0118. The van der Waals surface area contributed by atoms with Gasteiger partial charge in [0, 0.05) is 27.1 Å². The van der Waals surface area contributed by atoms with Crippen LogP contribution in [0.25, 0.3) is 134 Å². The van der Waals surface area contributed by atoms with Gasteiger partial charge in [-0.25, -0.2) is 0 Å². The summed E-state index contributed by atoms with van der Waals surface area (Å²) in [5.74, 6) is 0. The molecule has 0 heteroatoms. The Balaban J connectivity index is 0.000000218. The van der Waals surface area contributed by atoms with Crippen LogP contribution in [-0.4, -0.2) is 0 Å². The lowest BCUT2D eigenvalue weighted by Gasteiger charge is -2.24. The molecule has 0 N–H and O–H groups in total. The summed E-state index contributed by atoms with van der Waals surface area (Å²) in [6.07, 6.45) is 0. The fourth-order valence-corrected chi connectivity index (χ4v) is 19.0. The predicted octanol–water partition coefficient (Wildman–Crippen LogP) is 27.8.